The molecule has 0 saturated heterocycles. The average Bonchev–Trinajstić information content (AvgIpc) is 2.31. The third kappa shape index (κ3) is 2.63. The van der Waals surface area contributed by atoms with Gasteiger partial charge in [-0.1, -0.05) is 0 Å². The first kappa shape index (κ1) is 11.2. The van der Waals surface area contributed by atoms with Crippen molar-refractivity contribution >= 4 is 5.69 Å². The number of rotatable bonds is 3. The smallest absolute Gasteiger partial charge is 0.169 e. The van der Waals surface area contributed by atoms with Crippen LogP contribution >= 0.6 is 0 Å². The molecule has 2 rings (SSSR count). The van der Waals surface area contributed by atoms with Crippen molar-refractivity contribution in [2.45, 2.75) is 6.92 Å². The summed E-state index contributed by atoms with van der Waals surface area (Å²) in [5.74, 6) is 1.79. The molecule has 0 amide bonds. The number of methoxy groups -OCH3 is 1. The number of ether oxygens (including phenoxy) is 2. The van der Waals surface area contributed by atoms with Gasteiger partial charge in [-0.25, -0.2) is 0 Å². The van der Waals surface area contributed by atoms with Crippen LogP contribution in [-0.4, -0.2) is 17.3 Å². The minimum atomic E-state index is 0.583. The van der Waals surface area contributed by atoms with Crippen LogP contribution < -0.4 is 15.2 Å². The monoisotopic (exact) mass is 231 g/mol. The Morgan fingerprint density at radius 2 is 2.00 bits per heavy atom. The minimum absolute atomic E-state index is 0.583. The van der Waals surface area contributed by atoms with Crippen molar-refractivity contribution in [1.82, 2.24) is 10.2 Å². The van der Waals surface area contributed by atoms with Gasteiger partial charge in [-0.05, 0) is 19.1 Å². The number of anilines is 1. The third-order valence-corrected chi connectivity index (χ3v) is 2.17. The Labute approximate surface area is 99.2 Å². The third-order valence-electron chi connectivity index (χ3n) is 2.17. The van der Waals surface area contributed by atoms with Crippen LogP contribution in [0.5, 0.6) is 17.2 Å². The average molecular weight is 231 g/mol. The number of nitrogen functional groups attached to an aromatic ring is 1. The zero-order valence-electron chi connectivity index (χ0n) is 9.68. The van der Waals surface area contributed by atoms with Gasteiger partial charge < -0.3 is 15.2 Å². The fourth-order valence-corrected chi connectivity index (χ4v) is 1.40. The first-order valence-electron chi connectivity index (χ1n) is 5.10. The van der Waals surface area contributed by atoms with E-state index in [0.717, 1.165) is 5.69 Å². The maximum Gasteiger partial charge on any atom is 0.169 e. The van der Waals surface area contributed by atoms with Gasteiger partial charge in [-0.15, -0.1) is 0 Å². The Morgan fingerprint density at radius 1 is 1.18 bits per heavy atom. The van der Waals surface area contributed by atoms with Crippen LogP contribution in [0.3, 0.4) is 0 Å². The Balaban J connectivity index is 2.29. The topological polar surface area (TPSA) is 70.3 Å². The Hall–Kier alpha value is -2.30. The number of aryl methyl sites for hydroxylation is 1. The molecule has 0 unspecified atom stereocenters. The summed E-state index contributed by atoms with van der Waals surface area (Å²) >= 11 is 0. The van der Waals surface area contributed by atoms with E-state index in [1.54, 1.807) is 37.6 Å². The van der Waals surface area contributed by atoms with Crippen molar-refractivity contribution in [1.29, 1.82) is 0 Å². The van der Waals surface area contributed by atoms with Crippen LogP contribution in [0.15, 0.2) is 30.5 Å². The van der Waals surface area contributed by atoms with Crippen LogP contribution in [0.25, 0.3) is 0 Å². The highest BCUT2D eigenvalue weighted by Gasteiger charge is 2.06. The summed E-state index contributed by atoms with van der Waals surface area (Å²) in [7, 11) is 1.57. The van der Waals surface area contributed by atoms with Crippen LogP contribution in [0.2, 0.25) is 0 Å². The summed E-state index contributed by atoms with van der Waals surface area (Å²) in [6, 6.07) is 7.00. The molecular formula is C12H13N3O2. The highest BCUT2D eigenvalue weighted by molar-refractivity contribution is 5.53. The second-order valence-electron chi connectivity index (χ2n) is 3.55. The van der Waals surface area contributed by atoms with Crippen molar-refractivity contribution in [3.05, 3.63) is 36.2 Å². The number of benzene rings is 1. The maximum atomic E-state index is 5.66. The minimum Gasteiger partial charge on any atom is -0.493 e. The molecule has 0 atom stereocenters. The van der Waals surface area contributed by atoms with E-state index in [2.05, 4.69) is 10.2 Å². The molecule has 0 bridgehead atoms. The van der Waals surface area contributed by atoms with E-state index in [1.807, 2.05) is 6.92 Å². The fourth-order valence-electron chi connectivity index (χ4n) is 1.40. The predicted molar refractivity (Wildman–Crippen MR) is 64.2 cm³/mol. The molecule has 0 aliphatic rings. The van der Waals surface area contributed by atoms with E-state index in [-0.39, 0.29) is 0 Å². The first-order chi connectivity index (χ1) is 8.19. The first-order valence-corrected chi connectivity index (χ1v) is 5.10. The number of nitrogens with two attached hydrogens (primary N) is 1. The second-order valence-corrected chi connectivity index (χ2v) is 3.55. The van der Waals surface area contributed by atoms with Crippen molar-refractivity contribution in [3.8, 4) is 17.2 Å². The van der Waals surface area contributed by atoms with Crippen molar-refractivity contribution in [3.63, 3.8) is 0 Å². The van der Waals surface area contributed by atoms with E-state index >= 15 is 0 Å². The van der Waals surface area contributed by atoms with E-state index in [1.165, 1.54) is 0 Å². The van der Waals surface area contributed by atoms with Crippen molar-refractivity contribution in [2.24, 2.45) is 0 Å². The van der Waals surface area contributed by atoms with E-state index < -0.39 is 0 Å². The zero-order valence-corrected chi connectivity index (χ0v) is 9.68. The summed E-state index contributed by atoms with van der Waals surface area (Å²) < 4.78 is 10.8. The quantitative estimate of drug-likeness (QED) is 0.820. The Morgan fingerprint density at radius 3 is 2.71 bits per heavy atom. The number of hydrogen-bond donors (Lipinski definition) is 1. The molecule has 5 nitrogen and oxygen atoms in total. The van der Waals surface area contributed by atoms with Crippen molar-refractivity contribution in [2.75, 3.05) is 12.8 Å². The number of nitrogens with zero attached hydrogens (tertiary/aromatic N) is 2. The second kappa shape index (κ2) is 4.69. The van der Waals surface area contributed by atoms with Crippen molar-refractivity contribution < 1.29 is 9.47 Å². The van der Waals surface area contributed by atoms with Gasteiger partial charge in [0.2, 0.25) is 0 Å². The molecule has 0 fully saturated rings. The van der Waals surface area contributed by atoms with Gasteiger partial charge in [-0.2, -0.15) is 10.2 Å². The summed E-state index contributed by atoms with van der Waals surface area (Å²) in [5.41, 5.74) is 7.07. The molecule has 1 aromatic heterocycles. The molecule has 5 heteroatoms. The van der Waals surface area contributed by atoms with Gasteiger partial charge in [0, 0.05) is 17.8 Å². The number of aromatic nitrogens is 2. The van der Waals surface area contributed by atoms with Gasteiger partial charge in [0.1, 0.15) is 5.75 Å². The maximum absolute atomic E-state index is 5.66. The van der Waals surface area contributed by atoms with Crippen LogP contribution in [0.4, 0.5) is 5.69 Å². The predicted octanol–water partition coefficient (Wildman–Crippen LogP) is 2.17. The summed E-state index contributed by atoms with van der Waals surface area (Å²) in [6.45, 7) is 1.85. The fraction of sp³-hybridized carbons (Fsp3) is 0.167. The molecule has 1 aromatic carbocycles. The summed E-state index contributed by atoms with van der Waals surface area (Å²) in [6.07, 6.45) is 1.54. The van der Waals surface area contributed by atoms with Gasteiger partial charge in [0.15, 0.2) is 11.5 Å². The standard InChI is InChI=1S/C12H13N3O2/c1-8-5-10(7-14-15-8)17-11-4-3-9(13)6-12(11)16-2/h3-7H,13H2,1-2H3. The van der Waals surface area contributed by atoms with Crippen LogP contribution in [0, 0.1) is 6.92 Å². The zero-order chi connectivity index (χ0) is 12.3. The van der Waals surface area contributed by atoms with Gasteiger partial charge >= 0.3 is 0 Å². The molecule has 88 valence electrons. The molecule has 0 saturated carbocycles. The molecule has 1 heterocycles. The molecule has 17 heavy (non-hydrogen) atoms. The SMILES string of the molecule is COc1cc(N)ccc1Oc1cnnc(C)c1. The lowest BCUT2D eigenvalue weighted by Gasteiger charge is -2.10. The highest BCUT2D eigenvalue weighted by Crippen LogP contribution is 2.32. The Kier molecular flexibility index (Phi) is 3.09. The van der Waals surface area contributed by atoms with Crippen LogP contribution in [-0.2, 0) is 0 Å². The van der Waals surface area contributed by atoms with E-state index in [0.29, 0.717) is 22.9 Å². The lowest BCUT2D eigenvalue weighted by molar-refractivity contribution is 0.378. The van der Waals surface area contributed by atoms with Gasteiger partial charge in [0.05, 0.1) is 19.0 Å². The highest BCUT2D eigenvalue weighted by atomic mass is 16.5. The molecule has 2 aromatic rings. The Bertz CT molecular complexity index is 529. The lowest BCUT2D eigenvalue weighted by atomic mass is 10.3. The largest absolute Gasteiger partial charge is 0.493 e. The molecular weight excluding hydrogens is 218 g/mol. The number of hydrogen-bond acceptors (Lipinski definition) is 5. The van der Waals surface area contributed by atoms with E-state index in [4.69, 9.17) is 15.2 Å². The van der Waals surface area contributed by atoms with Crippen LogP contribution in [0.1, 0.15) is 5.69 Å². The van der Waals surface area contributed by atoms with Gasteiger partial charge in [-0.3, -0.25) is 0 Å². The molecule has 0 radical (unpaired) electrons. The summed E-state index contributed by atoms with van der Waals surface area (Å²) in [4.78, 5) is 0. The molecule has 2 N–H and O–H groups in total. The molecule has 0 aliphatic heterocycles. The van der Waals surface area contributed by atoms with Gasteiger partial charge in [0.25, 0.3) is 0 Å². The molecule has 0 spiro atoms. The lowest BCUT2D eigenvalue weighted by Crippen LogP contribution is -1.94. The summed E-state index contributed by atoms with van der Waals surface area (Å²) in [5, 5.41) is 7.67. The van der Waals surface area contributed by atoms with E-state index in [9.17, 15) is 0 Å². The normalized spacial score (nSPS) is 10.0. The molecule has 0 aliphatic carbocycles.